The molecular weight excluding hydrogens is 464 g/mol. The van der Waals surface area contributed by atoms with Crippen molar-refractivity contribution >= 4 is 23.5 Å². The molecule has 186 valence electrons. The van der Waals surface area contributed by atoms with Crippen LogP contribution < -0.4 is 11.1 Å². The van der Waals surface area contributed by atoms with E-state index in [1.54, 1.807) is 6.20 Å². The molecule has 12 heteroatoms. The summed E-state index contributed by atoms with van der Waals surface area (Å²) in [7, 11) is 0. The highest BCUT2D eigenvalue weighted by atomic mass is 16.4. The van der Waals surface area contributed by atoms with Crippen LogP contribution in [0.5, 0.6) is 0 Å². The Morgan fingerprint density at radius 1 is 1.25 bits per heavy atom. The van der Waals surface area contributed by atoms with Crippen LogP contribution in [0.3, 0.4) is 0 Å². The van der Waals surface area contributed by atoms with E-state index >= 15 is 0 Å². The number of aryl methyl sites for hydroxylation is 1. The van der Waals surface area contributed by atoms with Crippen molar-refractivity contribution in [2.24, 2.45) is 5.41 Å². The number of oxazole rings is 1. The van der Waals surface area contributed by atoms with Crippen LogP contribution in [0, 0.1) is 12.3 Å². The van der Waals surface area contributed by atoms with E-state index in [1.165, 1.54) is 17.4 Å². The number of fused-ring (bicyclic) bond motifs is 1. The van der Waals surface area contributed by atoms with Crippen molar-refractivity contribution in [3.05, 3.63) is 48.4 Å². The first-order valence-electron chi connectivity index (χ1n) is 11.4. The number of pyridine rings is 1. The van der Waals surface area contributed by atoms with Crippen molar-refractivity contribution in [3.63, 3.8) is 0 Å². The normalized spacial score (nSPS) is 17.0. The van der Waals surface area contributed by atoms with Gasteiger partial charge in [-0.25, -0.2) is 24.7 Å². The summed E-state index contributed by atoms with van der Waals surface area (Å²) in [6.45, 7) is 6.46. The topological polar surface area (TPSA) is 165 Å². The molecule has 1 aliphatic heterocycles. The summed E-state index contributed by atoms with van der Waals surface area (Å²) in [6.07, 6.45) is 6.11. The molecule has 12 nitrogen and oxygen atoms in total. The van der Waals surface area contributed by atoms with Gasteiger partial charge >= 0.3 is 6.09 Å². The summed E-state index contributed by atoms with van der Waals surface area (Å²) < 4.78 is 7.35. The minimum absolute atomic E-state index is 0.0677. The highest BCUT2D eigenvalue weighted by Gasteiger charge is 2.40. The number of hydrogen-bond donors (Lipinski definition) is 3. The van der Waals surface area contributed by atoms with E-state index in [9.17, 15) is 14.7 Å². The summed E-state index contributed by atoms with van der Waals surface area (Å²) in [5, 5.41) is 12.3. The Morgan fingerprint density at radius 3 is 2.78 bits per heavy atom. The fourth-order valence-corrected chi connectivity index (χ4v) is 4.65. The highest BCUT2D eigenvalue weighted by molar-refractivity contribution is 5.97. The third kappa shape index (κ3) is 4.21. The smallest absolute Gasteiger partial charge is 0.407 e. The molecule has 0 bridgehead atoms. The van der Waals surface area contributed by atoms with E-state index in [0.717, 1.165) is 11.3 Å². The van der Waals surface area contributed by atoms with Gasteiger partial charge in [0.25, 0.3) is 5.91 Å². The summed E-state index contributed by atoms with van der Waals surface area (Å²) in [6, 6.07) is 3.30. The maximum atomic E-state index is 13.2. The van der Waals surface area contributed by atoms with Gasteiger partial charge in [0, 0.05) is 36.7 Å². The van der Waals surface area contributed by atoms with Crippen LogP contribution in [0.2, 0.25) is 0 Å². The van der Waals surface area contributed by atoms with Crippen LogP contribution in [-0.4, -0.2) is 65.5 Å². The lowest BCUT2D eigenvalue weighted by atomic mass is 9.91. The number of nitrogens with one attached hydrogen (secondary N) is 1. The second-order valence-electron chi connectivity index (χ2n) is 9.68. The summed E-state index contributed by atoms with van der Waals surface area (Å²) >= 11 is 0. The van der Waals surface area contributed by atoms with Gasteiger partial charge in [-0.15, -0.1) is 0 Å². The molecule has 4 aromatic rings. The number of anilines is 1. The molecule has 1 aliphatic rings. The number of nitrogens with zero attached hydrogens (tertiary/aromatic N) is 6. The second-order valence-corrected chi connectivity index (χ2v) is 9.68. The number of aromatic nitrogens is 5. The number of amides is 2. The summed E-state index contributed by atoms with van der Waals surface area (Å²) in [4.78, 5) is 43.7. The number of carbonyl (C=O) groups is 2. The molecule has 1 unspecified atom stereocenters. The van der Waals surface area contributed by atoms with Gasteiger partial charge in [0.2, 0.25) is 5.89 Å². The van der Waals surface area contributed by atoms with Crippen LogP contribution in [-0.2, 0) is 0 Å². The third-order valence-electron chi connectivity index (χ3n) is 6.31. The number of hydrogen-bond acceptors (Lipinski definition) is 8. The van der Waals surface area contributed by atoms with E-state index in [2.05, 4.69) is 25.3 Å². The van der Waals surface area contributed by atoms with Gasteiger partial charge in [0.05, 0.1) is 12.2 Å². The van der Waals surface area contributed by atoms with E-state index in [4.69, 9.17) is 10.2 Å². The van der Waals surface area contributed by atoms with Gasteiger partial charge in [-0.3, -0.25) is 4.79 Å². The van der Waals surface area contributed by atoms with Crippen molar-refractivity contribution in [2.75, 3.05) is 18.8 Å². The molecule has 0 aromatic carbocycles. The monoisotopic (exact) mass is 490 g/mol. The lowest BCUT2D eigenvalue weighted by Crippen LogP contribution is -2.43. The largest absolute Gasteiger partial charge is 0.465 e. The van der Waals surface area contributed by atoms with Gasteiger partial charge in [-0.2, -0.15) is 0 Å². The molecule has 0 saturated carbocycles. The molecule has 0 aliphatic carbocycles. The lowest BCUT2D eigenvalue weighted by molar-refractivity contribution is 0.0930. The van der Waals surface area contributed by atoms with Crippen molar-refractivity contribution in [1.29, 1.82) is 0 Å². The van der Waals surface area contributed by atoms with Crippen molar-refractivity contribution in [3.8, 4) is 22.8 Å². The Balaban J connectivity index is 1.50. The molecule has 4 aromatic heterocycles. The molecule has 5 rings (SSSR count). The third-order valence-corrected chi connectivity index (χ3v) is 6.31. The van der Waals surface area contributed by atoms with Gasteiger partial charge < -0.3 is 29.9 Å². The quantitative estimate of drug-likeness (QED) is 0.381. The molecule has 0 radical (unpaired) electrons. The van der Waals surface area contributed by atoms with Crippen LogP contribution in [0.25, 0.3) is 28.5 Å². The predicted octanol–water partition coefficient (Wildman–Crippen LogP) is 2.85. The molecule has 4 N–H and O–H groups in total. The first-order valence-corrected chi connectivity index (χ1v) is 11.4. The van der Waals surface area contributed by atoms with Crippen molar-refractivity contribution < 1.29 is 19.1 Å². The van der Waals surface area contributed by atoms with E-state index < -0.39 is 12.0 Å². The molecule has 1 fully saturated rings. The van der Waals surface area contributed by atoms with E-state index in [1.807, 2.05) is 43.5 Å². The number of carboxylic acid groups (broad SMARTS) is 1. The van der Waals surface area contributed by atoms with Crippen molar-refractivity contribution in [2.45, 2.75) is 33.2 Å². The highest BCUT2D eigenvalue weighted by Crippen LogP contribution is 2.34. The molecular formula is C24H26N8O4. The predicted molar refractivity (Wildman–Crippen MR) is 130 cm³/mol. The zero-order valence-electron chi connectivity index (χ0n) is 20.1. The minimum Gasteiger partial charge on any atom is -0.465 e. The van der Waals surface area contributed by atoms with Crippen LogP contribution in [0.4, 0.5) is 10.6 Å². The van der Waals surface area contributed by atoms with Gasteiger partial charge in [0.15, 0.2) is 17.2 Å². The van der Waals surface area contributed by atoms with Gasteiger partial charge in [-0.05, 0) is 30.9 Å². The fraction of sp³-hybridized carbons (Fsp3) is 0.333. The fourth-order valence-electron chi connectivity index (χ4n) is 4.65. The molecule has 0 spiro atoms. The number of carbonyl (C=O) groups excluding carboxylic acids is 1. The Labute approximate surface area is 206 Å². The minimum atomic E-state index is -1.01. The zero-order chi connectivity index (χ0) is 25.6. The maximum absolute atomic E-state index is 13.2. The Hall–Kier alpha value is -4.48. The Kier molecular flexibility index (Phi) is 5.58. The summed E-state index contributed by atoms with van der Waals surface area (Å²) in [5.41, 5.74) is 8.91. The zero-order valence-corrected chi connectivity index (χ0v) is 20.1. The van der Waals surface area contributed by atoms with Crippen LogP contribution >= 0.6 is 0 Å². The number of rotatable bonds is 5. The second kappa shape index (κ2) is 8.63. The molecule has 5 heterocycles. The SMILES string of the molecule is Cc1cnc2ccc(-c3nc(C(=O)NCC4CC(C)(C)CN4C(=O)O)c(N)nc3-c3ncco3)cn12. The molecule has 1 atom stereocenters. The number of imidazole rings is 1. The Bertz CT molecular complexity index is 1460. The first kappa shape index (κ1) is 23.3. The summed E-state index contributed by atoms with van der Waals surface area (Å²) in [5.74, 6) is -0.426. The molecule has 1 saturated heterocycles. The maximum Gasteiger partial charge on any atom is 0.407 e. The molecule has 2 amide bonds. The number of likely N-dealkylation sites (tertiary alicyclic amines) is 1. The van der Waals surface area contributed by atoms with E-state index in [-0.39, 0.29) is 35.4 Å². The first-order chi connectivity index (χ1) is 17.1. The number of nitrogens with two attached hydrogens (primary N) is 1. The standard InChI is InChI=1S/C24H26N8O4/c1-13-9-27-16-5-4-14(11-31(13)16)17-18(22-26-6-7-36-22)30-20(25)19(29-17)21(33)28-10-15-8-24(2,3)12-32(15)23(34)35/h4-7,9,11,15H,8,10,12H2,1-3H3,(H2,25,30)(H,28,33)(H,34,35). The number of nitrogen functional groups attached to an aromatic ring is 1. The van der Waals surface area contributed by atoms with E-state index in [0.29, 0.717) is 29.9 Å². The van der Waals surface area contributed by atoms with Crippen LogP contribution in [0.15, 0.2) is 41.4 Å². The average Bonchev–Trinajstić information content (AvgIpc) is 3.56. The van der Waals surface area contributed by atoms with Gasteiger partial charge in [-0.1, -0.05) is 13.8 Å². The molecule has 36 heavy (non-hydrogen) atoms. The van der Waals surface area contributed by atoms with Crippen molar-refractivity contribution in [1.82, 2.24) is 34.6 Å². The van der Waals surface area contributed by atoms with Gasteiger partial charge in [0.1, 0.15) is 17.6 Å². The lowest BCUT2D eigenvalue weighted by Gasteiger charge is -2.21. The Morgan fingerprint density at radius 2 is 2.06 bits per heavy atom. The average molecular weight is 491 g/mol. The van der Waals surface area contributed by atoms with Crippen LogP contribution in [0.1, 0.15) is 36.5 Å².